The SMILES string of the molecule is Cc1csc2ncnc(N3Cc4nn(C)c(N)c4C3)c12. The highest BCUT2D eigenvalue weighted by Crippen LogP contribution is 2.36. The molecule has 1 aliphatic heterocycles. The van der Waals surface area contributed by atoms with Crippen LogP contribution in [-0.2, 0) is 20.1 Å². The number of anilines is 2. The van der Waals surface area contributed by atoms with Crippen LogP contribution in [0.25, 0.3) is 10.2 Å². The lowest BCUT2D eigenvalue weighted by Crippen LogP contribution is -2.18. The summed E-state index contributed by atoms with van der Waals surface area (Å²) in [5.74, 6) is 1.73. The maximum Gasteiger partial charge on any atom is 0.141 e. The maximum atomic E-state index is 6.06. The van der Waals surface area contributed by atoms with Crippen molar-refractivity contribution in [3.05, 3.63) is 28.5 Å². The van der Waals surface area contributed by atoms with Crippen molar-refractivity contribution in [3.63, 3.8) is 0 Å². The summed E-state index contributed by atoms with van der Waals surface area (Å²) in [5, 5.41) is 7.73. The van der Waals surface area contributed by atoms with Gasteiger partial charge in [-0.3, -0.25) is 4.68 Å². The molecule has 7 heteroatoms. The average molecular weight is 286 g/mol. The molecule has 3 aromatic heterocycles. The average Bonchev–Trinajstić information content (AvgIpc) is 3.08. The molecule has 0 aliphatic carbocycles. The van der Waals surface area contributed by atoms with E-state index in [2.05, 4.69) is 32.3 Å². The van der Waals surface area contributed by atoms with Crippen molar-refractivity contribution < 1.29 is 0 Å². The fourth-order valence-electron chi connectivity index (χ4n) is 2.75. The molecule has 0 fully saturated rings. The summed E-state index contributed by atoms with van der Waals surface area (Å²) in [6.07, 6.45) is 1.63. The van der Waals surface area contributed by atoms with Gasteiger partial charge in [-0.1, -0.05) is 0 Å². The molecule has 0 radical (unpaired) electrons. The number of rotatable bonds is 1. The predicted molar refractivity (Wildman–Crippen MR) is 79.7 cm³/mol. The second-order valence-electron chi connectivity index (χ2n) is 5.09. The third-order valence-electron chi connectivity index (χ3n) is 3.80. The fourth-order valence-corrected chi connectivity index (χ4v) is 3.64. The Hall–Kier alpha value is -2.15. The number of fused-ring (bicyclic) bond motifs is 2. The summed E-state index contributed by atoms with van der Waals surface area (Å²) >= 11 is 1.66. The first kappa shape index (κ1) is 11.7. The number of aryl methyl sites for hydroxylation is 2. The Balaban J connectivity index is 1.81. The van der Waals surface area contributed by atoms with Crippen molar-refractivity contribution in [2.24, 2.45) is 7.05 Å². The zero-order chi connectivity index (χ0) is 13.9. The second-order valence-corrected chi connectivity index (χ2v) is 5.94. The van der Waals surface area contributed by atoms with Crippen molar-refractivity contribution in [2.75, 3.05) is 10.6 Å². The van der Waals surface area contributed by atoms with Crippen LogP contribution in [0, 0.1) is 6.92 Å². The molecule has 6 nitrogen and oxygen atoms in total. The first-order valence-electron chi connectivity index (χ1n) is 6.39. The number of aromatic nitrogens is 4. The van der Waals surface area contributed by atoms with Gasteiger partial charge in [0.1, 0.15) is 22.8 Å². The van der Waals surface area contributed by atoms with Crippen LogP contribution in [0.15, 0.2) is 11.7 Å². The number of hydrogen-bond donors (Lipinski definition) is 1. The van der Waals surface area contributed by atoms with Gasteiger partial charge in [0, 0.05) is 12.6 Å². The Morgan fingerprint density at radius 3 is 2.95 bits per heavy atom. The quantitative estimate of drug-likeness (QED) is 0.739. The molecule has 0 atom stereocenters. The van der Waals surface area contributed by atoms with Crippen LogP contribution >= 0.6 is 11.3 Å². The van der Waals surface area contributed by atoms with Crippen LogP contribution in [-0.4, -0.2) is 19.7 Å². The molecule has 102 valence electrons. The van der Waals surface area contributed by atoms with Crippen LogP contribution < -0.4 is 10.6 Å². The smallest absolute Gasteiger partial charge is 0.141 e. The van der Waals surface area contributed by atoms with Gasteiger partial charge >= 0.3 is 0 Å². The highest BCUT2D eigenvalue weighted by Gasteiger charge is 2.28. The van der Waals surface area contributed by atoms with Gasteiger partial charge in [0.25, 0.3) is 0 Å². The van der Waals surface area contributed by atoms with Gasteiger partial charge < -0.3 is 10.6 Å². The van der Waals surface area contributed by atoms with Crippen molar-refractivity contribution in [1.29, 1.82) is 0 Å². The Morgan fingerprint density at radius 2 is 2.15 bits per heavy atom. The zero-order valence-electron chi connectivity index (χ0n) is 11.3. The number of nitrogens with two attached hydrogens (primary N) is 1. The Labute approximate surface area is 119 Å². The minimum Gasteiger partial charge on any atom is -0.384 e. The van der Waals surface area contributed by atoms with Gasteiger partial charge in [-0.05, 0) is 17.9 Å². The van der Waals surface area contributed by atoms with E-state index >= 15 is 0 Å². The molecular formula is C13H14N6S. The van der Waals surface area contributed by atoms with Crippen LogP contribution in [0.2, 0.25) is 0 Å². The van der Waals surface area contributed by atoms with Crippen molar-refractivity contribution >= 4 is 33.2 Å². The van der Waals surface area contributed by atoms with Crippen LogP contribution in [0.1, 0.15) is 16.8 Å². The number of hydrogen-bond acceptors (Lipinski definition) is 6. The predicted octanol–water partition coefficient (Wildman–Crippen LogP) is 1.84. The fraction of sp³-hybridized carbons (Fsp3) is 0.308. The molecule has 4 heterocycles. The van der Waals surface area contributed by atoms with Crippen LogP contribution in [0.3, 0.4) is 0 Å². The second kappa shape index (κ2) is 3.92. The summed E-state index contributed by atoms with van der Waals surface area (Å²) in [5.41, 5.74) is 9.44. The van der Waals surface area contributed by atoms with E-state index in [4.69, 9.17) is 5.73 Å². The van der Waals surface area contributed by atoms with E-state index in [0.717, 1.165) is 46.2 Å². The molecule has 2 N–H and O–H groups in total. The lowest BCUT2D eigenvalue weighted by Gasteiger charge is -2.18. The third-order valence-corrected chi connectivity index (χ3v) is 4.80. The van der Waals surface area contributed by atoms with E-state index in [9.17, 15) is 0 Å². The molecule has 0 saturated carbocycles. The number of nitrogens with zero attached hydrogens (tertiary/aromatic N) is 5. The molecule has 0 bridgehead atoms. The van der Waals surface area contributed by atoms with E-state index in [0.29, 0.717) is 0 Å². The zero-order valence-corrected chi connectivity index (χ0v) is 12.1. The largest absolute Gasteiger partial charge is 0.384 e. The van der Waals surface area contributed by atoms with E-state index in [1.807, 2.05) is 7.05 Å². The summed E-state index contributed by atoms with van der Waals surface area (Å²) in [6, 6.07) is 0. The molecule has 0 amide bonds. The molecule has 0 spiro atoms. The van der Waals surface area contributed by atoms with E-state index in [-0.39, 0.29) is 0 Å². The molecule has 4 rings (SSSR count). The standard InChI is InChI=1S/C13H14N6S/c1-7-5-20-13-10(7)12(15-6-16-13)19-3-8-9(4-19)17-18(2)11(8)14/h5-6H,3-4,14H2,1-2H3. The molecule has 20 heavy (non-hydrogen) atoms. The van der Waals surface area contributed by atoms with E-state index in [1.54, 1.807) is 22.3 Å². The molecular weight excluding hydrogens is 272 g/mol. The normalized spacial score (nSPS) is 14.2. The summed E-state index contributed by atoms with van der Waals surface area (Å²) in [4.78, 5) is 12.1. The monoisotopic (exact) mass is 286 g/mol. The highest BCUT2D eigenvalue weighted by molar-refractivity contribution is 7.17. The van der Waals surface area contributed by atoms with Crippen LogP contribution in [0.4, 0.5) is 11.6 Å². The van der Waals surface area contributed by atoms with E-state index < -0.39 is 0 Å². The topological polar surface area (TPSA) is 72.9 Å². The first-order chi connectivity index (χ1) is 9.65. The van der Waals surface area contributed by atoms with Gasteiger partial charge in [-0.25, -0.2) is 9.97 Å². The van der Waals surface area contributed by atoms with Crippen molar-refractivity contribution in [3.8, 4) is 0 Å². The minimum atomic E-state index is 0.745. The third kappa shape index (κ3) is 1.46. The maximum absolute atomic E-state index is 6.06. The summed E-state index contributed by atoms with van der Waals surface area (Å²) in [6.45, 7) is 3.61. The molecule has 1 aliphatic rings. The first-order valence-corrected chi connectivity index (χ1v) is 7.27. The van der Waals surface area contributed by atoms with Gasteiger partial charge in [0.2, 0.25) is 0 Å². The highest BCUT2D eigenvalue weighted by atomic mass is 32.1. The number of thiophene rings is 1. The van der Waals surface area contributed by atoms with Crippen LogP contribution in [0.5, 0.6) is 0 Å². The van der Waals surface area contributed by atoms with Crippen molar-refractivity contribution in [1.82, 2.24) is 19.7 Å². The molecule has 0 saturated heterocycles. The summed E-state index contributed by atoms with van der Waals surface area (Å²) in [7, 11) is 1.88. The summed E-state index contributed by atoms with van der Waals surface area (Å²) < 4.78 is 1.74. The van der Waals surface area contributed by atoms with Gasteiger partial charge in [0.05, 0.1) is 24.2 Å². The molecule has 3 aromatic rings. The Kier molecular flexibility index (Phi) is 2.29. The minimum absolute atomic E-state index is 0.745. The van der Waals surface area contributed by atoms with E-state index in [1.165, 1.54) is 5.56 Å². The van der Waals surface area contributed by atoms with Gasteiger partial charge in [-0.15, -0.1) is 11.3 Å². The van der Waals surface area contributed by atoms with Gasteiger partial charge in [-0.2, -0.15) is 5.10 Å². The molecule has 0 unspecified atom stereocenters. The Morgan fingerprint density at radius 1 is 1.30 bits per heavy atom. The van der Waals surface area contributed by atoms with Crippen molar-refractivity contribution in [2.45, 2.75) is 20.0 Å². The number of nitrogen functional groups attached to an aromatic ring is 1. The Bertz CT molecular complexity index is 818. The lowest BCUT2D eigenvalue weighted by molar-refractivity contribution is 0.732. The molecule has 0 aromatic carbocycles. The van der Waals surface area contributed by atoms with Gasteiger partial charge in [0.15, 0.2) is 0 Å². The lowest BCUT2D eigenvalue weighted by atomic mass is 10.2.